The van der Waals surface area contributed by atoms with Gasteiger partial charge in [-0.3, -0.25) is 14.2 Å². The van der Waals surface area contributed by atoms with E-state index in [-0.39, 0.29) is 12.1 Å². The Morgan fingerprint density at radius 3 is 2.70 bits per heavy atom. The molecule has 1 aliphatic carbocycles. The Bertz CT molecular complexity index is 1180. The van der Waals surface area contributed by atoms with E-state index >= 15 is 0 Å². The van der Waals surface area contributed by atoms with Gasteiger partial charge in [-0.2, -0.15) is 18.3 Å². The first-order valence-corrected chi connectivity index (χ1v) is 10.1. The van der Waals surface area contributed by atoms with Crippen LogP contribution in [0.1, 0.15) is 34.4 Å². The number of nitrogens with one attached hydrogen (secondary N) is 1. The van der Waals surface area contributed by atoms with E-state index in [0.29, 0.717) is 15.8 Å². The second kappa shape index (κ2) is 8.02. The SMILES string of the molecule is O=C(Cn1cnc2sc3c(c2c1=O)CCCC3)N/N=C/c1ccc(C(F)(F)F)cc1. The predicted molar refractivity (Wildman–Crippen MR) is 108 cm³/mol. The first-order chi connectivity index (χ1) is 14.3. The van der Waals surface area contributed by atoms with Gasteiger partial charge in [0.05, 0.1) is 23.5 Å². The van der Waals surface area contributed by atoms with Gasteiger partial charge >= 0.3 is 6.18 Å². The van der Waals surface area contributed by atoms with Crippen molar-refractivity contribution in [3.8, 4) is 0 Å². The van der Waals surface area contributed by atoms with Crippen molar-refractivity contribution in [3.05, 3.63) is 62.5 Å². The number of carbonyl (C=O) groups is 1. The van der Waals surface area contributed by atoms with Crippen molar-refractivity contribution in [2.45, 2.75) is 38.4 Å². The zero-order valence-corrected chi connectivity index (χ0v) is 16.5. The highest BCUT2D eigenvalue weighted by molar-refractivity contribution is 7.18. The molecule has 6 nitrogen and oxygen atoms in total. The van der Waals surface area contributed by atoms with Crippen LogP contribution in [-0.2, 0) is 30.4 Å². The van der Waals surface area contributed by atoms with E-state index in [1.54, 1.807) is 0 Å². The molecule has 1 amide bonds. The van der Waals surface area contributed by atoms with Gasteiger partial charge in [0.25, 0.3) is 11.5 Å². The minimum Gasteiger partial charge on any atom is -0.289 e. The number of benzene rings is 1. The molecule has 0 bridgehead atoms. The van der Waals surface area contributed by atoms with Gasteiger partial charge in [0.2, 0.25) is 0 Å². The summed E-state index contributed by atoms with van der Waals surface area (Å²) in [5, 5.41) is 4.34. The zero-order valence-electron chi connectivity index (χ0n) is 15.7. The molecule has 2 aromatic heterocycles. The number of thiophene rings is 1. The molecule has 10 heteroatoms. The smallest absolute Gasteiger partial charge is 0.289 e. The average Bonchev–Trinajstić information content (AvgIpc) is 3.09. The van der Waals surface area contributed by atoms with Crippen LogP contribution < -0.4 is 11.0 Å². The molecule has 0 atom stereocenters. The lowest BCUT2D eigenvalue weighted by Gasteiger charge is -2.10. The Balaban J connectivity index is 1.44. The molecule has 0 saturated heterocycles. The summed E-state index contributed by atoms with van der Waals surface area (Å²) in [7, 11) is 0. The summed E-state index contributed by atoms with van der Waals surface area (Å²) in [6, 6.07) is 4.37. The molecule has 0 spiro atoms. The largest absolute Gasteiger partial charge is 0.416 e. The first kappa shape index (κ1) is 20.3. The second-order valence-corrected chi connectivity index (χ2v) is 8.07. The van der Waals surface area contributed by atoms with E-state index in [2.05, 4.69) is 15.5 Å². The van der Waals surface area contributed by atoms with E-state index in [4.69, 9.17) is 0 Å². The Morgan fingerprint density at radius 1 is 1.23 bits per heavy atom. The van der Waals surface area contributed by atoms with Gasteiger partial charge in [-0.05, 0) is 48.9 Å². The number of alkyl halides is 3. The number of amides is 1. The fourth-order valence-corrected chi connectivity index (χ4v) is 4.64. The van der Waals surface area contributed by atoms with Crippen LogP contribution in [0.15, 0.2) is 40.5 Å². The van der Waals surface area contributed by atoms with Gasteiger partial charge < -0.3 is 0 Å². The molecule has 0 unspecified atom stereocenters. The third kappa shape index (κ3) is 4.13. The summed E-state index contributed by atoms with van der Waals surface area (Å²) in [5.41, 5.74) is 2.71. The van der Waals surface area contributed by atoms with Crippen LogP contribution in [0.2, 0.25) is 0 Å². The number of halogens is 3. The number of hydrazone groups is 1. The van der Waals surface area contributed by atoms with E-state index < -0.39 is 17.6 Å². The second-order valence-electron chi connectivity index (χ2n) is 6.98. The van der Waals surface area contributed by atoms with Crippen LogP contribution in [0.25, 0.3) is 10.2 Å². The molecule has 4 rings (SSSR count). The number of hydrogen-bond acceptors (Lipinski definition) is 5. The summed E-state index contributed by atoms with van der Waals surface area (Å²) < 4.78 is 38.9. The van der Waals surface area contributed by atoms with E-state index in [1.807, 2.05) is 0 Å². The quantitative estimate of drug-likeness (QED) is 0.504. The highest BCUT2D eigenvalue weighted by atomic mass is 32.1. The zero-order chi connectivity index (χ0) is 21.3. The van der Waals surface area contributed by atoms with Crippen molar-refractivity contribution in [1.29, 1.82) is 0 Å². The first-order valence-electron chi connectivity index (χ1n) is 9.32. The van der Waals surface area contributed by atoms with Crippen LogP contribution in [0.4, 0.5) is 13.2 Å². The summed E-state index contributed by atoms with van der Waals surface area (Å²) in [4.78, 5) is 31.2. The van der Waals surface area contributed by atoms with Gasteiger partial charge in [-0.15, -0.1) is 11.3 Å². The van der Waals surface area contributed by atoms with Crippen molar-refractivity contribution in [2.24, 2.45) is 5.10 Å². The maximum Gasteiger partial charge on any atom is 0.416 e. The lowest BCUT2D eigenvalue weighted by atomic mass is 9.97. The monoisotopic (exact) mass is 434 g/mol. The minimum atomic E-state index is -4.41. The molecule has 1 aliphatic rings. The highest BCUT2D eigenvalue weighted by Gasteiger charge is 2.29. The van der Waals surface area contributed by atoms with Gasteiger partial charge in [0.1, 0.15) is 11.4 Å². The molecular weight excluding hydrogens is 417 g/mol. The summed E-state index contributed by atoms with van der Waals surface area (Å²) in [6.07, 6.45) is 2.12. The molecule has 156 valence electrons. The average molecular weight is 434 g/mol. The number of fused-ring (bicyclic) bond motifs is 3. The highest BCUT2D eigenvalue weighted by Crippen LogP contribution is 2.33. The fraction of sp³-hybridized carbons (Fsp3) is 0.300. The van der Waals surface area contributed by atoms with Crippen LogP contribution >= 0.6 is 11.3 Å². The molecule has 3 aromatic rings. The van der Waals surface area contributed by atoms with Crippen molar-refractivity contribution in [3.63, 3.8) is 0 Å². The number of carbonyl (C=O) groups excluding carboxylic acids is 1. The number of rotatable bonds is 4. The number of aromatic nitrogens is 2. The summed E-state index contributed by atoms with van der Waals surface area (Å²) >= 11 is 1.54. The summed E-state index contributed by atoms with van der Waals surface area (Å²) in [6.45, 7) is -0.253. The molecule has 0 fully saturated rings. The van der Waals surface area contributed by atoms with E-state index in [9.17, 15) is 22.8 Å². The lowest BCUT2D eigenvalue weighted by molar-refractivity contribution is -0.137. The van der Waals surface area contributed by atoms with Gasteiger partial charge in [0.15, 0.2) is 0 Å². The van der Waals surface area contributed by atoms with Crippen LogP contribution in [0, 0.1) is 0 Å². The van der Waals surface area contributed by atoms with Crippen molar-refractivity contribution in [2.75, 3.05) is 0 Å². The predicted octanol–water partition coefficient (Wildman–Crippen LogP) is 3.51. The van der Waals surface area contributed by atoms with Crippen molar-refractivity contribution < 1.29 is 18.0 Å². The van der Waals surface area contributed by atoms with Gasteiger partial charge in [0, 0.05) is 4.88 Å². The standard InChI is InChI=1S/C20H17F3N4O2S/c21-20(22,23)13-7-5-12(6-8-13)9-25-26-16(28)10-27-11-24-18-17(19(27)29)14-3-1-2-4-15(14)30-18/h5-9,11H,1-4,10H2,(H,26,28)/b25-9+. The Kier molecular flexibility index (Phi) is 5.42. The van der Waals surface area contributed by atoms with Gasteiger partial charge in [-0.25, -0.2) is 10.4 Å². The Labute approximate surface area is 173 Å². The fourth-order valence-electron chi connectivity index (χ4n) is 3.42. The number of aryl methyl sites for hydroxylation is 2. The molecule has 1 N–H and O–H groups in total. The minimum absolute atomic E-state index is 0.249. The lowest BCUT2D eigenvalue weighted by Crippen LogP contribution is -2.30. The maximum absolute atomic E-state index is 12.8. The van der Waals surface area contributed by atoms with Crippen LogP contribution in [-0.4, -0.2) is 21.7 Å². The molecule has 30 heavy (non-hydrogen) atoms. The molecule has 1 aromatic carbocycles. The number of hydrogen-bond donors (Lipinski definition) is 1. The Hall–Kier alpha value is -3.01. The third-order valence-corrected chi connectivity index (χ3v) is 6.10. The molecular formula is C20H17F3N4O2S. The summed E-state index contributed by atoms with van der Waals surface area (Å²) in [5.74, 6) is -0.537. The normalized spacial score (nSPS) is 14.2. The molecule has 2 heterocycles. The van der Waals surface area contributed by atoms with Crippen molar-refractivity contribution in [1.82, 2.24) is 15.0 Å². The van der Waals surface area contributed by atoms with Crippen molar-refractivity contribution >= 4 is 33.7 Å². The number of nitrogens with zero attached hydrogens (tertiary/aromatic N) is 3. The molecule has 0 aliphatic heterocycles. The molecule has 0 radical (unpaired) electrons. The van der Waals surface area contributed by atoms with Crippen LogP contribution in [0.3, 0.4) is 0 Å². The Morgan fingerprint density at radius 2 is 1.97 bits per heavy atom. The maximum atomic E-state index is 12.8. The van der Waals surface area contributed by atoms with E-state index in [1.165, 1.54) is 45.5 Å². The van der Waals surface area contributed by atoms with Gasteiger partial charge in [-0.1, -0.05) is 12.1 Å². The van der Waals surface area contributed by atoms with E-state index in [0.717, 1.165) is 43.4 Å². The molecule has 0 saturated carbocycles. The third-order valence-electron chi connectivity index (χ3n) is 4.90. The topological polar surface area (TPSA) is 76.3 Å². The van der Waals surface area contributed by atoms with Crippen LogP contribution in [0.5, 0.6) is 0 Å².